The number of hydrogen-bond acceptors (Lipinski definition) is 2. The van der Waals surface area contributed by atoms with E-state index in [9.17, 15) is 4.79 Å². The summed E-state index contributed by atoms with van der Waals surface area (Å²) in [4.78, 5) is 12.2. The number of rotatable bonds is 5. The van der Waals surface area contributed by atoms with E-state index >= 15 is 0 Å². The molecule has 0 bridgehead atoms. The van der Waals surface area contributed by atoms with E-state index in [4.69, 9.17) is 4.74 Å². The van der Waals surface area contributed by atoms with Gasteiger partial charge in [0.2, 0.25) is 0 Å². The molecule has 0 aliphatic heterocycles. The van der Waals surface area contributed by atoms with Gasteiger partial charge in [-0.05, 0) is 106 Å². The molecule has 0 spiro atoms. The van der Waals surface area contributed by atoms with Crippen molar-refractivity contribution in [2.24, 2.45) is 0 Å². The van der Waals surface area contributed by atoms with E-state index in [-0.39, 0.29) is 5.92 Å². The van der Waals surface area contributed by atoms with Crippen LogP contribution in [0.15, 0.2) is 97.1 Å². The number of nitrogens with one attached hydrogen (secondary N) is 1. The van der Waals surface area contributed by atoms with Crippen molar-refractivity contribution in [1.29, 1.82) is 0 Å². The van der Waals surface area contributed by atoms with Crippen molar-refractivity contribution in [1.82, 2.24) is 4.57 Å². The Bertz CT molecular complexity index is 1420. The highest BCUT2D eigenvalue weighted by Gasteiger charge is 2.33. The highest BCUT2D eigenvalue weighted by atomic mass is 16.6. The fourth-order valence-electron chi connectivity index (χ4n) is 5.55. The third-order valence-corrected chi connectivity index (χ3v) is 7.20. The maximum absolute atomic E-state index is 12.2. The van der Waals surface area contributed by atoms with Gasteiger partial charge in [-0.1, -0.05) is 60.7 Å². The van der Waals surface area contributed by atoms with Crippen LogP contribution in [0.5, 0.6) is 0 Å². The number of amides is 1. The van der Waals surface area contributed by atoms with E-state index < -0.39 is 11.7 Å². The number of aromatic nitrogens is 1. The Kier molecular flexibility index (Phi) is 6.98. The molecule has 38 heavy (non-hydrogen) atoms. The van der Waals surface area contributed by atoms with Gasteiger partial charge < -0.3 is 9.30 Å². The van der Waals surface area contributed by atoms with Crippen molar-refractivity contribution >= 4 is 17.4 Å². The molecule has 3 aromatic carbocycles. The van der Waals surface area contributed by atoms with E-state index in [0.29, 0.717) is 5.92 Å². The number of hydrogen-bond donors (Lipinski definition) is 1. The number of carbonyl (C=O) groups is 1. The minimum absolute atomic E-state index is 0.252. The Hall–Kier alpha value is -4.05. The lowest BCUT2D eigenvalue weighted by atomic mass is 9.79. The van der Waals surface area contributed by atoms with Gasteiger partial charge in [0.25, 0.3) is 0 Å². The molecule has 1 amide bonds. The second-order valence-corrected chi connectivity index (χ2v) is 11.1. The Labute approximate surface area is 226 Å². The van der Waals surface area contributed by atoms with Crippen molar-refractivity contribution in [3.8, 4) is 5.69 Å². The lowest BCUT2D eigenvalue weighted by Crippen LogP contribution is -2.27. The first kappa shape index (κ1) is 25.6. The molecule has 1 aromatic heterocycles. The molecule has 194 valence electrons. The van der Waals surface area contributed by atoms with Gasteiger partial charge in [0.05, 0.1) is 0 Å². The van der Waals surface area contributed by atoms with Gasteiger partial charge in [0.1, 0.15) is 5.60 Å². The standard InChI is InChI=1S/C34H36N2O2/c1-23-11-12-24(2)36(23)29-19-15-26(16-20-29)31-22-21-30(32(31)27-9-7-6-8-10-27)25-13-17-28(18-14-25)35-33(37)38-34(3,4)5/h6-21,31-32H,22H2,1-5H3,(H,35,37). The van der Waals surface area contributed by atoms with E-state index in [1.54, 1.807) is 0 Å². The van der Waals surface area contributed by atoms with Gasteiger partial charge in [0.15, 0.2) is 0 Å². The Morgan fingerprint density at radius 2 is 1.45 bits per heavy atom. The number of ether oxygens (including phenoxy) is 1. The number of benzene rings is 3. The molecule has 2 atom stereocenters. The number of nitrogens with zero attached hydrogens (tertiary/aromatic N) is 1. The minimum atomic E-state index is -0.533. The summed E-state index contributed by atoms with van der Waals surface area (Å²) in [6.45, 7) is 9.87. The SMILES string of the molecule is Cc1ccc(C)n1-c1ccc(C2CC=C(c3ccc(NC(=O)OC(C)(C)C)cc3)C2c2ccccc2)cc1. The van der Waals surface area contributed by atoms with E-state index in [1.807, 2.05) is 32.9 Å². The van der Waals surface area contributed by atoms with E-state index in [1.165, 1.54) is 39.3 Å². The number of carbonyl (C=O) groups excluding carboxylic acids is 1. The van der Waals surface area contributed by atoms with E-state index in [0.717, 1.165) is 12.1 Å². The second-order valence-electron chi connectivity index (χ2n) is 11.1. The van der Waals surface area contributed by atoms with Crippen LogP contribution in [0.25, 0.3) is 11.3 Å². The number of aryl methyl sites for hydroxylation is 2. The van der Waals surface area contributed by atoms with Crippen molar-refractivity contribution < 1.29 is 9.53 Å². The van der Waals surface area contributed by atoms with Gasteiger partial charge >= 0.3 is 6.09 Å². The van der Waals surface area contributed by atoms with Crippen LogP contribution < -0.4 is 5.32 Å². The molecule has 1 aliphatic carbocycles. The Balaban J connectivity index is 1.41. The van der Waals surface area contributed by atoms with E-state index in [2.05, 4.69) is 109 Å². The third-order valence-electron chi connectivity index (χ3n) is 7.20. The molecule has 5 rings (SSSR count). The monoisotopic (exact) mass is 504 g/mol. The largest absolute Gasteiger partial charge is 0.444 e. The topological polar surface area (TPSA) is 43.3 Å². The van der Waals surface area contributed by atoms with Crippen LogP contribution in [0.4, 0.5) is 10.5 Å². The summed E-state index contributed by atoms with van der Waals surface area (Å²) in [6.07, 6.45) is 2.92. The van der Waals surface area contributed by atoms with Crippen LogP contribution in [-0.2, 0) is 4.74 Å². The minimum Gasteiger partial charge on any atom is -0.444 e. The summed E-state index contributed by atoms with van der Waals surface area (Å²) in [6, 6.07) is 32.3. The molecule has 4 aromatic rings. The van der Waals surface area contributed by atoms with Crippen LogP contribution >= 0.6 is 0 Å². The molecule has 1 heterocycles. The first-order chi connectivity index (χ1) is 18.2. The summed E-state index contributed by atoms with van der Waals surface area (Å²) >= 11 is 0. The number of allylic oxidation sites excluding steroid dienone is 2. The molecule has 4 nitrogen and oxygen atoms in total. The Morgan fingerprint density at radius 1 is 0.816 bits per heavy atom. The predicted octanol–water partition coefficient (Wildman–Crippen LogP) is 8.80. The van der Waals surface area contributed by atoms with Crippen molar-refractivity contribution in [3.63, 3.8) is 0 Å². The Morgan fingerprint density at radius 3 is 2.05 bits per heavy atom. The predicted molar refractivity (Wildman–Crippen MR) is 156 cm³/mol. The fourth-order valence-corrected chi connectivity index (χ4v) is 5.55. The average molecular weight is 505 g/mol. The van der Waals surface area contributed by atoms with Crippen LogP contribution in [0, 0.1) is 13.8 Å². The lowest BCUT2D eigenvalue weighted by Gasteiger charge is -2.25. The van der Waals surface area contributed by atoms with Gasteiger partial charge in [-0.25, -0.2) is 4.79 Å². The molecule has 0 radical (unpaired) electrons. The zero-order chi connectivity index (χ0) is 26.9. The van der Waals surface area contributed by atoms with Crippen LogP contribution in [0.3, 0.4) is 0 Å². The fraction of sp³-hybridized carbons (Fsp3) is 0.265. The van der Waals surface area contributed by atoms with Crippen LogP contribution in [0.1, 0.15) is 67.1 Å². The summed E-state index contributed by atoms with van der Waals surface area (Å²) in [5, 5.41) is 2.84. The number of anilines is 1. The zero-order valence-corrected chi connectivity index (χ0v) is 22.9. The summed E-state index contributed by atoms with van der Waals surface area (Å²) in [5.41, 5.74) is 9.04. The van der Waals surface area contributed by atoms with Crippen molar-refractivity contribution in [2.45, 2.75) is 58.5 Å². The summed E-state index contributed by atoms with van der Waals surface area (Å²) in [5.74, 6) is 0.606. The molecule has 0 saturated heterocycles. The zero-order valence-electron chi connectivity index (χ0n) is 22.9. The van der Waals surface area contributed by atoms with Crippen molar-refractivity contribution in [2.75, 3.05) is 5.32 Å². The molecular formula is C34H36N2O2. The summed E-state index contributed by atoms with van der Waals surface area (Å²) < 4.78 is 7.69. The van der Waals surface area contributed by atoms with Crippen molar-refractivity contribution in [3.05, 3.63) is 125 Å². The molecule has 1 N–H and O–H groups in total. The maximum Gasteiger partial charge on any atom is 0.412 e. The normalized spacial score (nSPS) is 17.2. The van der Waals surface area contributed by atoms with Crippen LogP contribution in [-0.4, -0.2) is 16.3 Å². The highest BCUT2D eigenvalue weighted by molar-refractivity contribution is 5.85. The van der Waals surface area contributed by atoms with Gasteiger partial charge in [-0.15, -0.1) is 0 Å². The highest BCUT2D eigenvalue weighted by Crippen LogP contribution is 2.50. The van der Waals surface area contributed by atoms with Gasteiger partial charge in [0, 0.05) is 28.7 Å². The smallest absolute Gasteiger partial charge is 0.412 e. The van der Waals surface area contributed by atoms with Gasteiger partial charge in [-0.3, -0.25) is 5.32 Å². The molecule has 4 heteroatoms. The molecule has 0 saturated carbocycles. The van der Waals surface area contributed by atoms with Crippen LogP contribution in [0.2, 0.25) is 0 Å². The molecule has 1 aliphatic rings. The maximum atomic E-state index is 12.2. The first-order valence-corrected chi connectivity index (χ1v) is 13.3. The molecular weight excluding hydrogens is 468 g/mol. The first-order valence-electron chi connectivity index (χ1n) is 13.3. The average Bonchev–Trinajstić information content (AvgIpc) is 3.47. The summed E-state index contributed by atoms with van der Waals surface area (Å²) in [7, 11) is 0. The lowest BCUT2D eigenvalue weighted by molar-refractivity contribution is 0.0636. The quantitative estimate of drug-likeness (QED) is 0.295. The second kappa shape index (κ2) is 10.4. The third kappa shape index (κ3) is 5.45. The van der Waals surface area contributed by atoms with Gasteiger partial charge in [-0.2, -0.15) is 0 Å². The molecule has 2 unspecified atom stereocenters. The molecule has 0 fully saturated rings.